The zero-order valence-electron chi connectivity index (χ0n) is 14.9. The molecule has 1 fully saturated rings. The summed E-state index contributed by atoms with van der Waals surface area (Å²) < 4.78 is 37.7. The maximum atomic E-state index is 13.0. The van der Waals surface area contributed by atoms with E-state index in [1.807, 2.05) is 0 Å². The maximum absolute atomic E-state index is 13.0. The van der Waals surface area contributed by atoms with E-state index in [0.717, 1.165) is 5.39 Å². The number of nitrogens with one attached hydrogen (secondary N) is 1. The summed E-state index contributed by atoms with van der Waals surface area (Å²) in [6.07, 6.45) is 3.47. The SMILES string of the molecule is CC(=O)Nc1cc2c(cn1)cnn2-c1cccc(C2(OC(F)F)CCOC2)n1. The van der Waals surface area contributed by atoms with Crippen molar-refractivity contribution < 1.29 is 23.0 Å². The Kier molecular flexibility index (Phi) is 4.73. The van der Waals surface area contributed by atoms with E-state index >= 15 is 0 Å². The van der Waals surface area contributed by atoms with Crippen LogP contribution in [-0.4, -0.2) is 45.5 Å². The van der Waals surface area contributed by atoms with E-state index < -0.39 is 12.2 Å². The number of alkyl halides is 2. The summed E-state index contributed by atoms with van der Waals surface area (Å²) in [4.78, 5) is 20.0. The highest BCUT2D eigenvalue weighted by Gasteiger charge is 2.42. The lowest BCUT2D eigenvalue weighted by Gasteiger charge is -2.26. The number of carbonyl (C=O) groups is 1. The Bertz CT molecular complexity index is 1020. The highest BCUT2D eigenvalue weighted by molar-refractivity contribution is 5.90. The van der Waals surface area contributed by atoms with E-state index in [9.17, 15) is 13.6 Å². The van der Waals surface area contributed by atoms with E-state index in [1.54, 1.807) is 41.3 Å². The van der Waals surface area contributed by atoms with Crippen molar-refractivity contribution in [3.05, 3.63) is 42.4 Å². The minimum Gasteiger partial charge on any atom is -0.378 e. The molecule has 28 heavy (non-hydrogen) atoms. The molecular formula is C18H17F2N5O3. The van der Waals surface area contributed by atoms with Crippen molar-refractivity contribution in [2.75, 3.05) is 18.5 Å². The number of anilines is 1. The second kappa shape index (κ2) is 7.21. The van der Waals surface area contributed by atoms with Crippen molar-refractivity contribution in [3.8, 4) is 5.82 Å². The molecule has 0 radical (unpaired) electrons. The molecule has 3 aromatic heterocycles. The number of nitrogens with zero attached hydrogens (tertiary/aromatic N) is 4. The van der Waals surface area contributed by atoms with Crippen LogP contribution in [0.3, 0.4) is 0 Å². The third-order valence-electron chi connectivity index (χ3n) is 4.47. The molecule has 3 aromatic rings. The Balaban J connectivity index is 1.76. The highest BCUT2D eigenvalue weighted by atomic mass is 19.3. The van der Waals surface area contributed by atoms with Crippen LogP contribution in [0, 0.1) is 0 Å². The van der Waals surface area contributed by atoms with E-state index in [2.05, 4.69) is 20.4 Å². The van der Waals surface area contributed by atoms with E-state index in [4.69, 9.17) is 9.47 Å². The van der Waals surface area contributed by atoms with Gasteiger partial charge in [0.1, 0.15) is 11.4 Å². The lowest BCUT2D eigenvalue weighted by atomic mass is 9.98. The topological polar surface area (TPSA) is 91.2 Å². The van der Waals surface area contributed by atoms with Crippen molar-refractivity contribution in [2.45, 2.75) is 25.6 Å². The number of carbonyl (C=O) groups excluding carboxylic acids is 1. The molecule has 0 spiro atoms. The molecule has 1 atom stereocenters. The summed E-state index contributed by atoms with van der Waals surface area (Å²) in [7, 11) is 0. The fraction of sp³-hybridized carbons (Fsp3) is 0.333. The number of halogens is 2. The normalized spacial score (nSPS) is 19.4. The number of fused-ring (bicyclic) bond motifs is 1. The molecule has 0 saturated carbocycles. The molecule has 4 heterocycles. The summed E-state index contributed by atoms with van der Waals surface area (Å²) in [5, 5.41) is 7.68. The van der Waals surface area contributed by atoms with Crippen molar-refractivity contribution >= 4 is 22.6 Å². The first-order valence-corrected chi connectivity index (χ1v) is 8.60. The Morgan fingerprint density at radius 3 is 2.96 bits per heavy atom. The number of pyridine rings is 2. The average molecular weight is 389 g/mol. The molecule has 1 amide bonds. The first-order chi connectivity index (χ1) is 13.5. The van der Waals surface area contributed by atoms with Gasteiger partial charge in [-0.3, -0.25) is 4.79 Å². The minimum atomic E-state index is -2.94. The van der Waals surface area contributed by atoms with Gasteiger partial charge in [-0.25, -0.2) is 14.6 Å². The summed E-state index contributed by atoms with van der Waals surface area (Å²) in [5.74, 6) is 0.557. The second-order valence-electron chi connectivity index (χ2n) is 6.42. The van der Waals surface area contributed by atoms with Gasteiger partial charge in [0.25, 0.3) is 0 Å². The van der Waals surface area contributed by atoms with Crippen LogP contribution in [0.15, 0.2) is 36.7 Å². The van der Waals surface area contributed by atoms with Gasteiger partial charge in [0.2, 0.25) is 5.91 Å². The number of rotatable bonds is 5. The van der Waals surface area contributed by atoms with Crippen molar-refractivity contribution in [2.24, 2.45) is 0 Å². The Hall–Kier alpha value is -2.98. The third-order valence-corrected chi connectivity index (χ3v) is 4.47. The summed E-state index contributed by atoms with van der Waals surface area (Å²) in [6, 6.07) is 6.72. The number of hydrogen-bond donors (Lipinski definition) is 1. The van der Waals surface area contributed by atoms with Crippen LogP contribution in [-0.2, 0) is 19.9 Å². The number of hydrogen-bond acceptors (Lipinski definition) is 6. The average Bonchev–Trinajstić information content (AvgIpc) is 3.28. The van der Waals surface area contributed by atoms with Crippen LogP contribution in [0.2, 0.25) is 0 Å². The van der Waals surface area contributed by atoms with Gasteiger partial charge in [-0.15, -0.1) is 0 Å². The number of aromatic nitrogens is 4. The molecule has 8 nitrogen and oxygen atoms in total. The molecule has 1 N–H and O–H groups in total. The standard InChI is InChI=1S/C18H17F2N5O3/c1-11(26)23-15-7-13-12(8-21-15)9-22-25(13)16-4-2-3-14(24-16)18(28-17(19)20)5-6-27-10-18/h2-4,7-9,17H,5-6,10H2,1H3,(H,21,23,26). The van der Waals surface area contributed by atoms with E-state index in [1.165, 1.54) is 6.92 Å². The number of amides is 1. The van der Waals surface area contributed by atoms with Crippen LogP contribution in [0.25, 0.3) is 16.7 Å². The maximum Gasteiger partial charge on any atom is 0.346 e. The van der Waals surface area contributed by atoms with Gasteiger partial charge in [-0.05, 0) is 12.1 Å². The van der Waals surface area contributed by atoms with Gasteiger partial charge in [0, 0.05) is 37.6 Å². The molecule has 146 valence electrons. The van der Waals surface area contributed by atoms with Crippen LogP contribution >= 0.6 is 0 Å². The fourth-order valence-electron chi connectivity index (χ4n) is 3.22. The van der Waals surface area contributed by atoms with Gasteiger partial charge < -0.3 is 14.8 Å². The largest absolute Gasteiger partial charge is 0.378 e. The second-order valence-corrected chi connectivity index (χ2v) is 6.42. The molecule has 1 aliphatic heterocycles. The molecule has 10 heteroatoms. The highest BCUT2D eigenvalue weighted by Crippen LogP contribution is 2.35. The summed E-state index contributed by atoms with van der Waals surface area (Å²) in [5.41, 5.74) is -0.284. The Morgan fingerprint density at radius 1 is 1.39 bits per heavy atom. The van der Waals surface area contributed by atoms with Gasteiger partial charge in [0.05, 0.1) is 24.0 Å². The van der Waals surface area contributed by atoms with Crippen LogP contribution in [0.1, 0.15) is 19.0 Å². The minimum absolute atomic E-state index is 0.00421. The first kappa shape index (κ1) is 18.4. The molecule has 1 unspecified atom stereocenters. The zero-order valence-corrected chi connectivity index (χ0v) is 14.9. The van der Waals surface area contributed by atoms with Crippen molar-refractivity contribution in [3.63, 3.8) is 0 Å². The lowest BCUT2D eigenvalue weighted by Crippen LogP contribution is -2.33. The third kappa shape index (κ3) is 3.43. The molecule has 0 bridgehead atoms. The van der Waals surface area contributed by atoms with Crippen molar-refractivity contribution in [1.82, 2.24) is 19.7 Å². The monoisotopic (exact) mass is 389 g/mol. The summed E-state index contributed by atoms with van der Waals surface area (Å²) in [6.45, 7) is -1.23. The predicted octanol–water partition coefficient (Wildman–Crippen LogP) is 2.63. The predicted molar refractivity (Wildman–Crippen MR) is 95.2 cm³/mol. The molecule has 1 aliphatic rings. The van der Waals surface area contributed by atoms with Gasteiger partial charge >= 0.3 is 6.61 Å². The molecular weight excluding hydrogens is 372 g/mol. The molecule has 1 saturated heterocycles. The molecule has 4 rings (SSSR count). The Labute approximate surface area is 158 Å². The van der Waals surface area contributed by atoms with Gasteiger partial charge in [-0.1, -0.05) is 6.07 Å². The zero-order chi connectivity index (χ0) is 19.7. The van der Waals surface area contributed by atoms with Gasteiger partial charge in [0.15, 0.2) is 5.82 Å². The first-order valence-electron chi connectivity index (χ1n) is 8.60. The summed E-state index contributed by atoms with van der Waals surface area (Å²) >= 11 is 0. The van der Waals surface area contributed by atoms with Crippen LogP contribution < -0.4 is 5.32 Å². The van der Waals surface area contributed by atoms with Crippen LogP contribution in [0.4, 0.5) is 14.6 Å². The molecule has 0 aromatic carbocycles. The van der Waals surface area contributed by atoms with Gasteiger partial charge in [-0.2, -0.15) is 13.9 Å². The Morgan fingerprint density at radius 2 is 2.25 bits per heavy atom. The number of ether oxygens (including phenoxy) is 2. The van der Waals surface area contributed by atoms with Crippen LogP contribution in [0.5, 0.6) is 0 Å². The smallest absolute Gasteiger partial charge is 0.346 e. The van der Waals surface area contributed by atoms with E-state index in [0.29, 0.717) is 29.5 Å². The lowest BCUT2D eigenvalue weighted by molar-refractivity contribution is -0.214. The van der Waals surface area contributed by atoms with Crippen molar-refractivity contribution in [1.29, 1.82) is 0 Å². The van der Waals surface area contributed by atoms with E-state index in [-0.39, 0.29) is 18.9 Å². The fourth-order valence-corrected chi connectivity index (χ4v) is 3.22. The molecule has 0 aliphatic carbocycles. The quantitative estimate of drug-likeness (QED) is 0.721.